The second-order valence-electron chi connectivity index (χ2n) is 3.67. The minimum Gasteiger partial charge on any atom is -0.318 e. The number of aromatic nitrogens is 4. The van der Waals surface area contributed by atoms with Crippen molar-refractivity contribution in [1.82, 2.24) is 25.5 Å². The molecular weight excluding hydrogens is 270 g/mol. The van der Waals surface area contributed by atoms with Crippen molar-refractivity contribution in [3.8, 4) is 0 Å². The minimum atomic E-state index is 0.758. The zero-order valence-corrected chi connectivity index (χ0v) is 11.6. The van der Waals surface area contributed by atoms with Crippen molar-refractivity contribution < 1.29 is 0 Å². The average molecular weight is 284 g/mol. The van der Waals surface area contributed by atoms with Gasteiger partial charge in [-0.3, -0.25) is 0 Å². The molecule has 0 fully saturated rings. The molecule has 0 atom stereocenters. The lowest BCUT2D eigenvalue weighted by atomic mass is 10.2. The van der Waals surface area contributed by atoms with Gasteiger partial charge in [0.15, 0.2) is 0 Å². The molecule has 5 nitrogen and oxygen atoms in total. The molecule has 0 aliphatic rings. The molecule has 2 rings (SSSR count). The Labute approximate surface area is 115 Å². The molecule has 0 amide bonds. The zero-order chi connectivity index (χ0) is 12.8. The maximum atomic E-state index is 6.11. The number of tetrazole rings is 1. The lowest BCUT2D eigenvalue weighted by molar-refractivity contribution is 0.530. The van der Waals surface area contributed by atoms with Gasteiger partial charge in [0.1, 0.15) is 0 Å². The first-order valence-corrected chi connectivity index (χ1v) is 6.94. The fourth-order valence-electron chi connectivity index (χ4n) is 1.42. The number of benzene rings is 1. The molecule has 0 saturated heterocycles. The van der Waals surface area contributed by atoms with Gasteiger partial charge in [-0.15, -0.1) is 5.10 Å². The van der Waals surface area contributed by atoms with Gasteiger partial charge in [0.05, 0.1) is 6.54 Å². The molecule has 96 valence electrons. The third-order valence-corrected chi connectivity index (χ3v) is 3.76. The fourth-order valence-corrected chi connectivity index (χ4v) is 2.60. The van der Waals surface area contributed by atoms with Gasteiger partial charge in [-0.25, -0.2) is 4.68 Å². The molecule has 1 heterocycles. The smallest absolute Gasteiger partial charge is 0.209 e. The molecule has 0 aliphatic carbocycles. The van der Waals surface area contributed by atoms with Gasteiger partial charge in [0.2, 0.25) is 5.16 Å². The number of thioether (sulfide) groups is 1. The third-order valence-electron chi connectivity index (χ3n) is 2.39. The van der Waals surface area contributed by atoms with E-state index in [0.29, 0.717) is 0 Å². The van der Waals surface area contributed by atoms with E-state index in [-0.39, 0.29) is 0 Å². The summed E-state index contributed by atoms with van der Waals surface area (Å²) in [5, 5.41) is 16.3. The van der Waals surface area contributed by atoms with E-state index in [0.717, 1.165) is 34.6 Å². The molecular formula is C11H14ClN5S. The Balaban J connectivity index is 1.98. The highest BCUT2D eigenvalue weighted by molar-refractivity contribution is 7.98. The Kier molecular flexibility index (Phi) is 4.98. The molecule has 2 aromatic rings. The van der Waals surface area contributed by atoms with Crippen molar-refractivity contribution in [3.05, 3.63) is 34.9 Å². The molecule has 1 aromatic heterocycles. The Morgan fingerprint density at radius 2 is 2.22 bits per heavy atom. The lowest BCUT2D eigenvalue weighted by Crippen LogP contribution is -2.16. The molecule has 1 N–H and O–H groups in total. The maximum absolute atomic E-state index is 6.11. The van der Waals surface area contributed by atoms with Crippen molar-refractivity contribution in [2.24, 2.45) is 0 Å². The van der Waals surface area contributed by atoms with Gasteiger partial charge in [0.25, 0.3) is 0 Å². The highest BCUT2D eigenvalue weighted by Crippen LogP contribution is 2.24. The predicted octanol–water partition coefficient (Wildman–Crippen LogP) is 1.84. The van der Waals surface area contributed by atoms with Gasteiger partial charge in [-0.1, -0.05) is 41.6 Å². The number of likely N-dealkylation sites (N-methyl/N-ethyl adjacent to an activating group) is 1. The summed E-state index contributed by atoms with van der Waals surface area (Å²) in [5.74, 6) is 0.763. The summed E-state index contributed by atoms with van der Waals surface area (Å²) in [7, 11) is 1.90. The van der Waals surface area contributed by atoms with Crippen LogP contribution in [0.2, 0.25) is 5.02 Å². The van der Waals surface area contributed by atoms with Crippen LogP contribution >= 0.6 is 23.4 Å². The molecule has 0 spiro atoms. The topological polar surface area (TPSA) is 55.6 Å². The Morgan fingerprint density at radius 3 is 3.00 bits per heavy atom. The van der Waals surface area contributed by atoms with E-state index < -0.39 is 0 Å². The Bertz CT molecular complexity index is 502. The molecule has 1 aromatic carbocycles. The highest BCUT2D eigenvalue weighted by atomic mass is 35.5. The van der Waals surface area contributed by atoms with Crippen molar-refractivity contribution >= 4 is 23.4 Å². The maximum Gasteiger partial charge on any atom is 0.209 e. The Morgan fingerprint density at radius 1 is 1.39 bits per heavy atom. The highest BCUT2D eigenvalue weighted by Gasteiger charge is 2.07. The monoisotopic (exact) mass is 283 g/mol. The second-order valence-corrected chi connectivity index (χ2v) is 5.02. The first kappa shape index (κ1) is 13.3. The number of halogens is 1. The number of rotatable bonds is 6. The van der Waals surface area contributed by atoms with Crippen molar-refractivity contribution in [2.45, 2.75) is 17.5 Å². The van der Waals surface area contributed by atoms with Crippen molar-refractivity contribution in [3.63, 3.8) is 0 Å². The van der Waals surface area contributed by atoms with Gasteiger partial charge in [-0.2, -0.15) is 0 Å². The van der Waals surface area contributed by atoms with Crippen LogP contribution in [-0.4, -0.2) is 33.8 Å². The molecule has 0 saturated carbocycles. The lowest BCUT2D eigenvalue weighted by Gasteiger charge is -2.05. The first-order valence-electron chi connectivity index (χ1n) is 5.58. The van der Waals surface area contributed by atoms with Crippen LogP contribution in [-0.2, 0) is 12.3 Å². The second kappa shape index (κ2) is 6.72. The number of nitrogens with zero attached hydrogens (tertiary/aromatic N) is 4. The van der Waals surface area contributed by atoms with Gasteiger partial charge in [-0.05, 0) is 29.1 Å². The fraction of sp³-hybridized carbons (Fsp3) is 0.364. The van der Waals surface area contributed by atoms with Gasteiger partial charge < -0.3 is 5.32 Å². The molecule has 0 unspecified atom stereocenters. The van der Waals surface area contributed by atoms with E-state index in [9.17, 15) is 0 Å². The van der Waals surface area contributed by atoms with Crippen LogP contribution in [0.15, 0.2) is 29.4 Å². The quantitative estimate of drug-likeness (QED) is 0.820. The summed E-state index contributed by atoms with van der Waals surface area (Å²) in [4.78, 5) is 0. The molecule has 0 radical (unpaired) electrons. The molecule has 0 aliphatic heterocycles. The zero-order valence-electron chi connectivity index (χ0n) is 10.0. The Hall–Kier alpha value is -1.11. The van der Waals surface area contributed by atoms with E-state index in [1.807, 2.05) is 31.3 Å². The van der Waals surface area contributed by atoms with Crippen LogP contribution in [0.3, 0.4) is 0 Å². The molecule has 7 heteroatoms. The van der Waals surface area contributed by atoms with Crippen LogP contribution in [0, 0.1) is 0 Å². The summed E-state index contributed by atoms with van der Waals surface area (Å²) in [5.41, 5.74) is 1.09. The van der Waals surface area contributed by atoms with E-state index in [4.69, 9.17) is 11.6 Å². The average Bonchev–Trinajstić information content (AvgIpc) is 2.83. The minimum absolute atomic E-state index is 0.758. The predicted molar refractivity (Wildman–Crippen MR) is 72.8 cm³/mol. The number of hydrogen-bond donors (Lipinski definition) is 1. The standard InChI is InChI=1S/C11H14ClN5S/c1-13-6-7-17-11(14-15-16-17)18-8-9-4-2-3-5-10(9)12/h2-5,13H,6-8H2,1H3. The number of hydrogen-bond acceptors (Lipinski definition) is 5. The van der Waals surface area contributed by atoms with Crippen LogP contribution in [0.1, 0.15) is 5.56 Å². The van der Waals surface area contributed by atoms with Crippen LogP contribution in [0.4, 0.5) is 0 Å². The first-order chi connectivity index (χ1) is 8.81. The van der Waals surface area contributed by atoms with Gasteiger partial charge >= 0.3 is 0 Å². The summed E-state index contributed by atoms with van der Waals surface area (Å²) in [6.07, 6.45) is 0. The van der Waals surface area contributed by atoms with E-state index >= 15 is 0 Å². The van der Waals surface area contributed by atoms with Crippen LogP contribution < -0.4 is 5.32 Å². The van der Waals surface area contributed by atoms with Crippen molar-refractivity contribution in [2.75, 3.05) is 13.6 Å². The van der Waals surface area contributed by atoms with Crippen molar-refractivity contribution in [1.29, 1.82) is 0 Å². The van der Waals surface area contributed by atoms with E-state index in [2.05, 4.69) is 20.8 Å². The van der Waals surface area contributed by atoms with Crippen LogP contribution in [0.5, 0.6) is 0 Å². The largest absolute Gasteiger partial charge is 0.318 e. The summed E-state index contributed by atoms with van der Waals surface area (Å²) < 4.78 is 1.79. The van der Waals surface area contributed by atoms with Crippen LogP contribution in [0.25, 0.3) is 0 Å². The molecule has 0 bridgehead atoms. The third kappa shape index (κ3) is 3.44. The normalized spacial score (nSPS) is 10.8. The molecule has 18 heavy (non-hydrogen) atoms. The summed E-state index contributed by atoms with van der Waals surface area (Å²) >= 11 is 7.69. The summed E-state index contributed by atoms with van der Waals surface area (Å²) in [6.45, 7) is 1.60. The number of nitrogens with one attached hydrogen (secondary N) is 1. The van der Waals surface area contributed by atoms with E-state index in [1.165, 1.54) is 0 Å². The van der Waals surface area contributed by atoms with Gasteiger partial charge in [0, 0.05) is 17.3 Å². The summed E-state index contributed by atoms with van der Waals surface area (Å²) in [6, 6.07) is 7.80. The SMILES string of the molecule is CNCCn1nnnc1SCc1ccccc1Cl. The van der Waals surface area contributed by atoms with E-state index in [1.54, 1.807) is 16.4 Å².